The van der Waals surface area contributed by atoms with E-state index in [0.29, 0.717) is 0 Å². The van der Waals surface area contributed by atoms with Gasteiger partial charge in [0.2, 0.25) is 0 Å². The summed E-state index contributed by atoms with van der Waals surface area (Å²) < 4.78 is 0. The Balaban J connectivity index is 2.74. The van der Waals surface area contributed by atoms with Crippen LogP contribution in [-0.2, 0) is 6.54 Å². The number of hydrogen-bond acceptors (Lipinski definition) is 2. The Morgan fingerprint density at radius 3 is 2.56 bits per heavy atom. The molecular formula is C13H21N3. The molecule has 0 aliphatic rings. The third kappa shape index (κ3) is 3.07. The van der Waals surface area contributed by atoms with Crippen molar-refractivity contribution in [1.82, 2.24) is 4.90 Å². The fraction of sp³-hybridized carbons (Fsp3) is 0.462. The number of nitrogens with two attached hydrogens (primary N) is 1. The molecule has 1 aromatic carbocycles. The molecule has 0 aromatic heterocycles. The highest BCUT2D eigenvalue weighted by Gasteiger charge is 2.16. The molecule has 0 heterocycles. The number of nitrogens with one attached hydrogen (secondary N) is 1. The normalized spacial score (nSPS) is 12.8. The maximum Gasteiger partial charge on any atom is 0.108 e. The Hall–Kier alpha value is -1.35. The smallest absolute Gasteiger partial charge is 0.108 e. The molecule has 0 radical (unpaired) electrons. The van der Waals surface area contributed by atoms with Crippen LogP contribution in [-0.4, -0.2) is 23.8 Å². The molecule has 1 aromatic rings. The van der Waals surface area contributed by atoms with Crippen molar-refractivity contribution >= 4 is 5.84 Å². The first-order valence-electron chi connectivity index (χ1n) is 5.65. The molecule has 0 saturated carbocycles. The molecule has 3 nitrogen and oxygen atoms in total. The number of amidine groups is 1. The zero-order chi connectivity index (χ0) is 12.1. The molecule has 0 amide bonds. The molecular weight excluding hydrogens is 198 g/mol. The van der Waals surface area contributed by atoms with Gasteiger partial charge in [0.1, 0.15) is 5.84 Å². The van der Waals surface area contributed by atoms with Gasteiger partial charge in [0, 0.05) is 6.54 Å². The summed E-state index contributed by atoms with van der Waals surface area (Å²) in [4.78, 5) is 2.13. The minimum absolute atomic E-state index is 0.0413. The van der Waals surface area contributed by atoms with Gasteiger partial charge in [0.15, 0.2) is 0 Å². The van der Waals surface area contributed by atoms with Crippen molar-refractivity contribution in [2.75, 3.05) is 7.05 Å². The van der Waals surface area contributed by atoms with E-state index in [4.69, 9.17) is 11.1 Å². The second kappa shape index (κ2) is 5.66. The maximum atomic E-state index is 7.54. The van der Waals surface area contributed by atoms with Gasteiger partial charge in [-0.05, 0) is 31.5 Å². The van der Waals surface area contributed by atoms with Crippen LogP contribution in [0.1, 0.15) is 24.5 Å². The molecule has 1 rings (SSSR count). The monoisotopic (exact) mass is 219 g/mol. The van der Waals surface area contributed by atoms with E-state index in [1.54, 1.807) is 0 Å². The quantitative estimate of drug-likeness (QED) is 0.589. The highest BCUT2D eigenvalue weighted by molar-refractivity contribution is 5.82. The van der Waals surface area contributed by atoms with Gasteiger partial charge in [-0.25, -0.2) is 0 Å². The number of likely N-dealkylation sites (N-methyl/N-ethyl adjacent to an activating group) is 1. The topological polar surface area (TPSA) is 53.1 Å². The van der Waals surface area contributed by atoms with Crippen LogP contribution in [0.2, 0.25) is 0 Å². The Morgan fingerprint density at radius 2 is 2.06 bits per heavy atom. The molecule has 1 unspecified atom stereocenters. The minimum atomic E-state index is 0.0413. The summed E-state index contributed by atoms with van der Waals surface area (Å²) in [5.41, 5.74) is 8.16. The first-order valence-corrected chi connectivity index (χ1v) is 5.65. The number of hydrogen-bond donors (Lipinski definition) is 2. The lowest BCUT2D eigenvalue weighted by Gasteiger charge is -2.26. The van der Waals surface area contributed by atoms with Crippen molar-refractivity contribution in [3.63, 3.8) is 0 Å². The summed E-state index contributed by atoms with van der Waals surface area (Å²) >= 11 is 0. The maximum absolute atomic E-state index is 7.54. The third-order valence-corrected chi connectivity index (χ3v) is 2.96. The van der Waals surface area contributed by atoms with Crippen LogP contribution in [0.5, 0.6) is 0 Å². The Morgan fingerprint density at radius 1 is 1.44 bits per heavy atom. The second-order valence-electron chi connectivity index (χ2n) is 4.22. The third-order valence-electron chi connectivity index (χ3n) is 2.96. The van der Waals surface area contributed by atoms with Gasteiger partial charge in [-0.3, -0.25) is 10.3 Å². The lowest BCUT2D eigenvalue weighted by Crippen LogP contribution is -2.41. The van der Waals surface area contributed by atoms with Crippen LogP contribution in [0, 0.1) is 12.3 Å². The van der Waals surface area contributed by atoms with E-state index in [-0.39, 0.29) is 11.9 Å². The van der Waals surface area contributed by atoms with Gasteiger partial charge in [-0.15, -0.1) is 0 Å². The molecule has 3 heteroatoms. The first-order chi connectivity index (χ1) is 7.56. The van der Waals surface area contributed by atoms with Crippen LogP contribution in [0.15, 0.2) is 24.3 Å². The van der Waals surface area contributed by atoms with Gasteiger partial charge >= 0.3 is 0 Å². The second-order valence-corrected chi connectivity index (χ2v) is 4.22. The van der Waals surface area contributed by atoms with E-state index < -0.39 is 0 Å². The molecule has 3 N–H and O–H groups in total. The van der Waals surface area contributed by atoms with Crippen LogP contribution in [0.3, 0.4) is 0 Å². The van der Waals surface area contributed by atoms with Crippen LogP contribution < -0.4 is 5.73 Å². The van der Waals surface area contributed by atoms with Gasteiger partial charge in [0.05, 0.1) is 6.04 Å². The fourth-order valence-corrected chi connectivity index (χ4v) is 1.94. The molecule has 0 bridgehead atoms. The number of aryl methyl sites for hydroxylation is 1. The Kier molecular flexibility index (Phi) is 4.50. The van der Waals surface area contributed by atoms with Crippen molar-refractivity contribution in [2.24, 2.45) is 5.73 Å². The van der Waals surface area contributed by atoms with Gasteiger partial charge < -0.3 is 5.73 Å². The van der Waals surface area contributed by atoms with Crippen molar-refractivity contribution in [2.45, 2.75) is 32.9 Å². The van der Waals surface area contributed by atoms with E-state index >= 15 is 0 Å². The van der Waals surface area contributed by atoms with Gasteiger partial charge in [0.25, 0.3) is 0 Å². The number of benzene rings is 1. The number of nitrogens with zero attached hydrogens (tertiary/aromatic N) is 1. The average molecular weight is 219 g/mol. The van der Waals surface area contributed by atoms with E-state index in [1.807, 2.05) is 19.2 Å². The average Bonchev–Trinajstić information content (AvgIpc) is 2.22. The van der Waals surface area contributed by atoms with Crippen LogP contribution in [0.4, 0.5) is 0 Å². The molecule has 16 heavy (non-hydrogen) atoms. The lowest BCUT2D eigenvalue weighted by molar-refractivity contribution is 0.280. The molecule has 0 aliphatic carbocycles. The largest absolute Gasteiger partial charge is 0.386 e. The zero-order valence-corrected chi connectivity index (χ0v) is 10.3. The fourth-order valence-electron chi connectivity index (χ4n) is 1.94. The van der Waals surface area contributed by atoms with E-state index in [9.17, 15) is 0 Å². The molecule has 1 atom stereocenters. The summed E-state index contributed by atoms with van der Waals surface area (Å²) in [7, 11) is 2.02. The van der Waals surface area contributed by atoms with Gasteiger partial charge in [-0.2, -0.15) is 0 Å². The zero-order valence-electron chi connectivity index (χ0n) is 10.3. The molecule has 0 saturated heterocycles. The van der Waals surface area contributed by atoms with Crippen molar-refractivity contribution in [1.29, 1.82) is 5.41 Å². The molecule has 0 aliphatic heterocycles. The summed E-state index contributed by atoms with van der Waals surface area (Å²) in [5, 5.41) is 7.54. The van der Waals surface area contributed by atoms with Crippen LogP contribution in [0.25, 0.3) is 0 Å². The summed E-state index contributed by atoms with van der Waals surface area (Å²) in [5.74, 6) is 0.249. The Labute approximate surface area is 97.8 Å². The molecule has 0 fully saturated rings. The number of rotatable bonds is 5. The summed E-state index contributed by atoms with van der Waals surface area (Å²) in [6.45, 7) is 5.00. The van der Waals surface area contributed by atoms with Crippen molar-refractivity contribution in [3.05, 3.63) is 35.4 Å². The van der Waals surface area contributed by atoms with Crippen molar-refractivity contribution < 1.29 is 0 Å². The predicted molar refractivity (Wildman–Crippen MR) is 68.6 cm³/mol. The SMILES string of the molecule is CCC(C(=N)N)N(C)Cc1ccccc1C. The lowest BCUT2D eigenvalue weighted by atomic mass is 10.1. The summed E-state index contributed by atoms with van der Waals surface area (Å²) in [6, 6.07) is 8.36. The highest BCUT2D eigenvalue weighted by Crippen LogP contribution is 2.12. The van der Waals surface area contributed by atoms with Crippen LogP contribution >= 0.6 is 0 Å². The standard InChI is InChI=1S/C13H21N3/c1-4-12(13(14)15)16(3)9-11-8-6-5-7-10(11)2/h5-8,12H,4,9H2,1-3H3,(H3,14,15). The Bertz CT molecular complexity index is 360. The molecule has 0 spiro atoms. The highest BCUT2D eigenvalue weighted by atomic mass is 15.1. The van der Waals surface area contributed by atoms with E-state index in [2.05, 4.69) is 30.9 Å². The van der Waals surface area contributed by atoms with E-state index in [0.717, 1.165) is 13.0 Å². The van der Waals surface area contributed by atoms with Crippen molar-refractivity contribution in [3.8, 4) is 0 Å². The minimum Gasteiger partial charge on any atom is -0.386 e. The predicted octanol–water partition coefficient (Wildman–Crippen LogP) is 2.14. The van der Waals surface area contributed by atoms with Gasteiger partial charge in [-0.1, -0.05) is 31.2 Å². The summed E-state index contributed by atoms with van der Waals surface area (Å²) in [6.07, 6.45) is 0.873. The molecule has 88 valence electrons. The first kappa shape index (κ1) is 12.7. The van der Waals surface area contributed by atoms with E-state index in [1.165, 1.54) is 11.1 Å².